The quantitative estimate of drug-likeness (QED) is 0.0722. The molecule has 1 aromatic carbocycles. The Morgan fingerprint density at radius 1 is 1.33 bits per heavy atom. The number of hydrogen-bond acceptors (Lipinski definition) is 12. The van der Waals surface area contributed by atoms with E-state index in [2.05, 4.69) is 4.84 Å². The van der Waals surface area contributed by atoms with Crippen LogP contribution in [0.1, 0.15) is 36.9 Å². The van der Waals surface area contributed by atoms with E-state index in [1.807, 2.05) is 6.92 Å². The Labute approximate surface area is 233 Å². The topological polar surface area (TPSA) is 172 Å². The van der Waals surface area contributed by atoms with E-state index >= 15 is 0 Å². The summed E-state index contributed by atoms with van der Waals surface area (Å²) in [5, 5.41) is 14.9. The summed E-state index contributed by atoms with van der Waals surface area (Å²) in [6.45, 7) is 2.04. The van der Waals surface area contributed by atoms with Crippen molar-refractivity contribution in [1.82, 2.24) is 9.21 Å². The average molecular weight is 601 g/mol. The van der Waals surface area contributed by atoms with Crippen LogP contribution in [0.5, 0.6) is 11.5 Å². The zero-order valence-electron chi connectivity index (χ0n) is 21.4. The number of methoxy groups -OCH3 is 1. The molecule has 39 heavy (non-hydrogen) atoms. The number of nitrogens with zero attached hydrogens (tertiary/aromatic N) is 3. The number of thiophene rings is 1. The molecule has 1 aromatic heterocycles. The van der Waals surface area contributed by atoms with Crippen molar-refractivity contribution in [1.29, 1.82) is 0 Å². The molecule has 0 spiro atoms. The van der Waals surface area contributed by atoms with Crippen LogP contribution in [0, 0.1) is 10.1 Å². The highest BCUT2D eigenvalue weighted by molar-refractivity contribution is 7.99. The fraction of sp³-hybridized carbons (Fsp3) is 0.391. The second kappa shape index (κ2) is 13.3. The van der Waals surface area contributed by atoms with E-state index in [0.29, 0.717) is 21.9 Å². The van der Waals surface area contributed by atoms with Crippen molar-refractivity contribution in [3.63, 3.8) is 0 Å². The summed E-state index contributed by atoms with van der Waals surface area (Å²) in [6.07, 6.45) is 2.98. The highest BCUT2D eigenvalue weighted by Crippen LogP contribution is 2.42. The molecule has 13 nitrogen and oxygen atoms in total. The van der Waals surface area contributed by atoms with Gasteiger partial charge in [-0.25, -0.2) is 8.42 Å². The molecule has 16 heteroatoms. The number of hydrogen-bond donors (Lipinski definition) is 1. The Morgan fingerprint density at radius 2 is 2.08 bits per heavy atom. The van der Waals surface area contributed by atoms with Crippen LogP contribution in [-0.4, -0.2) is 68.4 Å². The smallest absolute Gasteiger partial charge is 0.311 e. The molecular formula is C23H28N4O9S3. The lowest BCUT2D eigenvalue weighted by atomic mass is 10.1. The number of ether oxygens (including phenoxy) is 2. The maximum Gasteiger partial charge on any atom is 0.311 e. The molecule has 0 bridgehead atoms. The van der Waals surface area contributed by atoms with Gasteiger partial charge in [-0.05, 0) is 55.1 Å². The number of amides is 1. The molecule has 0 aliphatic carbocycles. The molecule has 0 fully saturated rings. The first-order chi connectivity index (χ1) is 18.5. The van der Waals surface area contributed by atoms with Gasteiger partial charge >= 0.3 is 5.97 Å². The summed E-state index contributed by atoms with van der Waals surface area (Å²) in [5.41, 5.74) is 1.14. The molecule has 212 valence electrons. The molecule has 1 atom stereocenters. The highest BCUT2D eigenvalue weighted by atomic mass is 32.3. The minimum atomic E-state index is -3.65. The van der Waals surface area contributed by atoms with Crippen LogP contribution in [0.3, 0.4) is 0 Å². The monoisotopic (exact) mass is 600 g/mol. The van der Waals surface area contributed by atoms with Gasteiger partial charge in [0.2, 0.25) is 5.91 Å². The molecule has 2 N–H and O–H groups in total. The lowest BCUT2D eigenvalue weighted by Crippen LogP contribution is -2.44. The number of carbonyl (C=O) groups excluding carboxylic acids is 2. The maximum absolute atomic E-state index is 13.2. The van der Waals surface area contributed by atoms with Crippen molar-refractivity contribution >= 4 is 51.3 Å². The average Bonchev–Trinajstić information content (AvgIpc) is 3.35. The SMILES string of the molecule is CCN(C(=O)/C=C/c1ccc(OC(=O)CCCO[N+](=O)[O-])c(OC)c1)C1CN(C)S(=O)(=O)c2sc(SN)cc21. The Balaban J connectivity index is 1.73. The van der Waals surface area contributed by atoms with Gasteiger partial charge in [0.15, 0.2) is 11.5 Å². The second-order valence-electron chi connectivity index (χ2n) is 8.23. The second-order valence-corrected chi connectivity index (χ2v) is 12.5. The van der Waals surface area contributed by atoms with E-state index in [1.165, 1.54) is 30.6 Å². The molecule has 1 aliphatic rings. The number of sulfonamides is 1. The standard InChI is InChI=1S/C23H28N4O9S3/c1-4-26(17-14-25(2)39(32,33)23-16(17)13-22(37-23)38-24)20(28)10-8-15-7-9-18(19(12-15)34-3)36-21(29)6-5-11-35-27(30)31/h7-10,12-13,17H,4-6,11,14,24H2,1-3H3/b10-8+. The van der Waals surface area contributed by atoms with Gasteiger partial charge in [-0.1, -0.05) is 6.07 Å². The minimum Gasteiger partial charge on any atom is -0.493 e. The van der Waals surface area contributed by atoms with Gasteiger partial charge < -0.3 is 19.2 Å². The van der Waals surface area contributed by atoms with Crippen molar-refractivity contribution in [3.8, 4) is 11.5 Å². The summed E-state index contributed by atoms with van der Waals surface area (Å²) in [6, 6.07) is 5.96. The predicted molar refractivity (Wildman–Crippen MR) is 144 cm³/mol. The van der Waals surface area contributed by atoms with Crippen LogP contribution in [-0.2, 0) is 24.4 Å². The largest absolute Gasteiger partial charge is 0.493 e. The number of benzene rings is 1. The predicted octanol–water partition coefficient (Wildman–Crippen LogP) is 2.85. The fourth-order valence-electron chi connectivity index (χ4n) is 3.90. The Hall–Kier alpha value is -3.18. The van der Waals surface area contributed by atoms with Crippen molar-refractivity contribution < 1.29 is 37.4 Å². The van der Waals surface area contributed by atoms with Crippen LogP contribution >= 0.6 is 23.3 Å². The molecule has 2 aromatic rings. The Morgan fingerprint density at radius 3 is 2.72 bits per heavy atom. The van der Waals surface area contributed by atoms with Crippen LogP contribution in [0.15, 0.2) is 38.8 Å². The number of esters is 1. The van der Waals surface area contributed by atoms with Crippen molar-refractivity contribution in [3.05, 3.63) is 51.6 Å². The first-order valence-corrected chi connectivity index (χ1v) is 14.8. The first kappa shape index (κ1) is 30.4. The number of rotatable bonds is 12. The van der Waals surface area contributed by atoms with Crippen molar-refractivity contribution in [2.45, 2.75) is 34.2 Å². The molecule has 1 amide bonds. The van der Waals surface area contributed by atoms with E-state index in [9.17, 15) is 28.1 Å². The van der Waals surface area contributed by atoms with Gasteiger partial charge in [0.05, 0.1) is 24.0 Å². The first-order valence-electron chi connectivity index (χ1n) is 11.6. The highest BCUT2D eigenvalue weighted by Gasteiger charge is 2.40. The molecule has 0 saturated carbocycles. The molecule has 3 rings (SSSR count). The van der Waals surface area contributed by atoms with Crippen molar-refractivity contribution in [2.24, 2.45) is 5.14 Å². The van der Waals surface area contributed by atoms with Crippen LogP contribution in [0.4, 0.5) is 0 Å². The zero-order valence-corrected chi connectivity index (χ0v) is 23.8. The number of carbonyl (C=O) groups is 2. The Bertz CT molecular complexity index is 1360. The molecule has 2 heterocycles. The molecular weight excluding hydrogens is 572 g/mol. The maximum atomic E-state index is 13.2. The third-order valence-corrected chi connectivity index (χ3v) is 9.99. The lowest BCUT2D eigenvalue weighted by Gasteiger charge is -2.36. The van der Waals surface area contributed by atoms with Gasteiger partial charge in [0.1, 0.15) is 4.21 Å². The molecule has 0 radical (unpaired) electrons. The fourth-order valence-corrected chi connectivity index (χ4v) is 7.56. The van der Waals surface area contributed by atoms with Gasteiger partial charge in [-0.15, -0.1) is 21.5 Å². The summed E-state index contributed by atoms with van der Waals surface area (Å²) < 4.78 is 38.3. The summed E-state index contributed by atoms with van der Waals surface area (Å²) >= 11 is 2.05. The molecule has 1 aliphatic heterocycles. The van der Waals surface area contributed by atoms with Gasteiger partial charge in [0, 0.05) is 38.2 Å². The zero-order chi connectivity index (χ0) is 28.7. The van der Waals surface area contributed by atoms with E-state index < -0.39 is 27.1 Å². The minimum absolute atomic E-state index is 0.0883. The van der Waals surface area contributed by atoms with E-state index in [4.69, 9.17) is 14.6 Å². The summed E-state index contributed by atoms with van der Waals surface area (Å²) in [4.78, 5) is 41.2. The van der Waals surface area contributed by atoms with E-state index in [0.717, 1.165) is 23.3 Å². The van der Waals surface area contributed by atoms with Gasteiger partial charge in [-0.3, -0.25) is 14.7 Å². The third kappa shape index (κ3) is 7.27. The normalized spacial score (nSPS) is 16.5. The number of fused-ring (bicyclic) bond motifs is 1. The molecule has 0 saturated heterocycles. The van der Waals surface area contributed by atoms with E-state index in [-0.39, 0.29) is 47.6 Å². The molecule has 1 unspecified atom stereocenters. The number of nitrogens with two attached hydrogens (primary N) is 1. The van der Waals surface area contributed by atoms with Gasteiger partial charge in [-0.2, -0.15) is 4.31 Å². The van der Waals surface area contributed by atoms with E-state index in [1.54, 1.807) is 29.2 Å². The third-order valence-electron chi connectivity index (χ3n) is 5.80. The van der Waals surface area contributed by atoms with Crippen LogP contribution in [0.2, 0.25) is 0 Å². The lowest BCUT2D eigenvalue weighted by molar-refractivity contribution is -0.757. The summed E-state index contributed by atoms with van der Waals surface area (Å²) in [7, 11) is -0.773. The van der Waals surface area contributed by atoms with Crippen LogP contribution < -0.4 is 14.6 Å². The van der Waals surface area contributed by atoms with Crippen molar-refractivity contribution in [2.75, 3.05) is 33.9 Å². The van der Waals surface area contributed by atoms with Gasteiger partial charge in [0.25, 0.3) is 15.1 Å². The summed E-state index contributed by atoms with van der Waals surface area (Å²) in [5.74, 6) is -0.525. The Kier molecular flexibility index (Phi) is 10.3. The number of likely N-dealkylation sites (N-methyl/N-ethyl adjacent to an activating group) is 2. The van der Waals surface area contributed by atoms with Crippen LogP contribution in [0.25, 0.3) is 6.08 Å².